The minimum Gasteiger partial charge on any atom is -0.356 e. The van der Waals surface area contributed by atoms with Gasteiger partial charge >= 0.3 is 0 Å². The molecule has 0 spiro atoms. The van der Waals surface area contributed by atoms with E-state index < -0.39 is 0 Å². The van der Waals surface area contributed by atoms with Crippen molar-refractivity contribution < 1.29 is 0 Å². The zero-order valence-corrected chi connectivity index (χ0v) is 19.1. The highest BCUT2D eigenvalue weighted by molar-refractivity contribution is 14.0. The zero-order chi connectivity index (χ0) is 17.7. The molecule has 6 nitrogen and oxygen atoms in total. The number of hydrogen-bond acceptors (Lipinski definition) is 3. The molecule has 2 aromatic rings. The molecule has 3 rings (SSSR count). The first-order valence-electron chi connectivity index (χ1n) is 8.74. The Morgan fingerprint density at radius 1 is 1.35 bits per heavy atom. The summed E-state index contributed by atoms with van der Waals surface area (Å²) in [6, 6.07) is 8.62. The first-order chi connectivity index (χ1) is 12.2. The third-order valence-corrected chi connectivity index (χ3v) is 5.26. The molecule has 1 aromatic carbocycles. The summed E-state index contributed by atoms with van der Waals surface area (Å²) in [5.41, 5.74) is 1.63. The number of rotatable bonds is 7. The lowest BCUT2D eigenvalue weighted by atomic mass is 9.96. The van der Waals surface area contributed by atoms with E-state index in [0.29, 0.717) is 0 Å². The third-order valence-electron chi connectivity index (χ3n) is 4.77. The highest BCUT2D eigenvalue weighted by Gasteiger charge is 2.44. The van der Waals surface area contributed by atoms with Gasteiger partial charge in [-0.05, 0) is 30.5 Å². The molecule has 1 aromatic heterocycles. The maximum atomic E-state index is 4.34. The summed E-state index contributed by atoms with van der Waals surface area (Å²) in [7, 11) is 1.81. The molecular weight excluding hydrogens is 507 g/mol. The molecule has 1 aliphatic carbocycles. The Balaban J connectivity index is 0.00000243. The number of nitrogens with zero attached hydrogens (tertiary/aromatic N) is 4. The Morgan fingerprint density at radius 2 is 2.15 bits per heavy atom. The van der Waals surface area contributed by atoms with Gasteiger partial charge in [0.05, 0.1) is 0 Å². The van der Waals surface area contributed by atoms with Crippen molar-refractivity contribution in [2.75, 3.05) is 20.1 Å². The second kappa shape index (κ2) is 9.68. The minimum atomic E-state index is 0. The molecule has 0 aliphatic heterocycles. The first-order valence-corrected chi connectivity index (χ1v) is 9.53. The molecule has 8 heteroatoms. The van der Waals surface area contributed by atoms with Crippen LogP contribution >= 0.6 is 39.9 Å². The van der Waals surface area contributed by atoms with Gasteiger partial charge in [0.2, 0.25) is 0 Å². The molecule has 1 heterocycles. The van der Waals surface area contributed by atoms with Crippen LogP contribution in [0.3, 0.4) is 0 Å². The molecule has 0 atom stereocenters. The van der Waals surface area contributed by atoms with Crippen LogP contribution in [-0.4, -0.2) is 40.9 Å². The van der Waals surface area contributed by atoms with Crippen molar-refractivity contribution in [1.82, 2.24) is 25.4 Å². The Labute approximate surface area is 180 Å². The molecule has 1 saturated carbocycles. The fourth-order valence-electron chi connectivity index (χ4n) is 3.04. The normalized spacial score (nSPS) is 15.3. The largest absolute Gasteiger partial charge is 0.356 e. The Kier molecular flexibility index (Phi) is 7.87. The van der Waals surface area contributed by atoms with Gasteiger partial charge in [-0.15, -0.1) is 34.2 Å². The lowest BCUT2D eigenvalue weighted by Gasteiger charge is -2.19. The van der Waals surface area contributed by atoms with Crippen LogP contribution in [0.5, 0.6) is 0 Å². The molecule has 0 unspecified atom stereocenters. The summed E-state index contributed by atoms with van der Waals surface area (Å²) in [6.07, 6.45) is 5.10. The van der Waals surface area contributed by atoms with E-state index in [1.165, 1.54) is 18.4 Å². The van der Waals surface area contributed by atoms with Gasteiger partial charge in [0.15, 0.2) is 5.96 Å². The first kappa shape index (κ1) is 21.1. The van der Waals surface area contributed by atoms with Gasteiger partial charge in [-0.1, -0.05) is 35.0 Å². The van der Waals surface area contributed by atoms with Crippen molar-refractivity contribution in [2.24, 2.45) is 4.99 Å². The van der Waals surface area contributed by atoms with Crippen LogP contribution in [0.25, 0.3) is 0 Å². The molecule has 1 fully saturated rings. The number of aryl methyl sites for hydroxylation is 1. The van der Waals surface area contributed by atoms with Crippen LogP contribution in [0.15, 0.2) is 40.1 Å². The third kappa shape index (κ3) is 5.18. The topological polar surface area (TPSA) is 67.1 Å². The number of benzene rings is 1. The highest BCUT2D eigenvalue weighted by Crippen LogP contribution is 2.48. The van der Waals surface area contributed by atoms with Crippen LogP contribution in [0.4, 0.5) is 0 Å². The number of halogens is 2. The standard InChI is InChI=1S/C18H25BrN6.HI/c1-3-16-24-23-13-25(16)10-9-21-17(20-2)22-12-18(7-8-18)14-5-4-6-15(19)11-14;/h4-6,11,13H,3,7-10,12H2,1-2H3,(H2,20,21,22);1H. The van der Waals surface area contributed by atoms with Crippen LogP contribution in [0, 0.1) is 0 Å². The van der Waals surface area contributed by atoms with Gasteiger partial charge in [0.1, 0.15) is 12.2 Å². The van der Waals surface area contributed by atoms with E-state index in [1.54, 1.807) is 6.33 Å². The summed E-state index contributed by atoms with van der Waals surface area (Å²) >= 11 is 3.57. The predicted molar refractivity (Wildman–Crippen MR) is 119 cm³/mol. The lowest BCUT2D eigenvalue weighted by Crippen LogP contribution is -2.42. The van der Waals surface area contributed by atoms with E-state index in [4.69, 9.17) is 0 Å². The molecular formula is C18H26BrIN6. The quantitative estimate of drug-likeness (QED) is 0.326. The summed E-state index contributed by atoms with van der Waals surface area (Å²) < 4.78 is 3.21. The SMILES string of the molecule is CCc1nncn1CCNC(=NC)NCC1(c2cccc(Br)c2)CC1.I. The van der Waals surface area contributed by atoms with Crippen molar-refractivity contribution in [3.8, 4) is 0 Å². The fourth-order valence-corrected chi connectivity index (χ4v) is 3.44. The Hall–Kier alpha value is -1.16. The molecule has 26 heavy (non-hydrogen) atoms. The van der Waals surface area contributed by atoms with Crippen molar-refractivity contribution in [2.45, 2.75) is 38.1 Å². The Morgan fingerprint density at radius 3 is 2.81 bits per heavy atom. The molecule has 1 aliphatic rings. The van der Waals surface area contributed by atoms with Gasteiger partial charge in [-0.25, -0.2) is 0 Å². The van der Waals surface area contributed by atoms with Crippen molar-refractivity contribution in [3.05, 3.63) is 46.5 Å². The number of aromatic nitrogens is 3. The lowest BCUT2D eigenvalue weighted by molar-refractivity contribution is 0.615. The molecule has 0 radical (unpaired) electrons. The van der Waals surface area contributed by atoms with Gasteiger partial charge in [-0.2, -0.15) is 0 Å². The van der Waals surface area contributed by atoms with Gasteiger partial charge in [0, 0.05) is 43.0 Å². The fraction of sp³-hybridized carbons (Fsp3) is 0.500. The molecule has 0 bridgehead atoms. The summed E-state index contributed by atoms with van der Waals surface area (Å²) in [6.45, 7) is 4.60. The maximum Gasteiger partial charge on any atom is 0.191 e. The van der Waals surface area contributed by atoms with E-state index in [0.717, 1.165) is 42.3 Å². The zero-order valence-electron chi connectivity index (χ0n) is 15.2. The van der Waals surface area contributed by atoms with Crippen LogP contribution in [-0.2, 0) is 18.4 Å². The molecule has 142 valence electrons. The molecule has 2 N–H and O–H groups in total. The number of guanidine groups is 1. The van der Waals surface area contributed by atoms with Gasteiger partial charge < -0.3 is 15.2 Å². The van der Waals surface area contributed by atoms with E-state index >= 15 is 0 Å². The highest BCUT2D eigenvalue weighted by atomic mass is 127. The van der Waals surface area contributed by atoms with Crippen LogP contribution in [0.2, 0.25) is 0 Å². The number of aliphatic imine (C=N–C) groups is 1. The maximum absolute atomic E-state index is 4.34. The smallest absolute Gasteiger partial charge is 0.191 e. The van der Waals surface area contributed by atoms with E-state index in [9.17, 15) is 0 Å². The van der Waals surface area contributed by atoms with E-state index in [2.05, 4.69) is 77.5 Å². The monoisotopic (exact) mass is 532 g/mol. The van der Waals surface area contributed by atoms with Gasteiger partial charge in [-0.3, -0.25) is 4.99 Å². The van der Waals surface area contributed by atoms with Crippen molar-refractivity contribution >= 4 is 45.9 Å². The van der Waals surface area contributed by atoms with Crippen molar-refractivity contribution in [3.63, 3.8) is 0 Å². The summed E-state index contributed by atoms with van der Waals surface area (Å²) in [5.74, 6) is 1.85. The average molecular weight is 533 g/mol. The second-order valence-corrected chi connectivity index (χ2v) is 7.35. The molecule has 0 amide bonds. The summed E-state index contributed by atoms with van der Waals surface area (Å²) in [4.78, 5) is 4.34. The Bertz CT molecular complexity index is 741. The number of nitrogens with one attached hydrogen (secondary N) is 2. The predicted octanol–water partition coefficient (Wildman–Crippen LogP) is 3.12. The van der Waals surface area contributed by atoms with E-state index in [1.807, 2.05) is 7.05 Å². The molecule has 0 saturated heterocycles. The second-order valence-electron chi connectivity index (χ2n) is 6.44. The van der Waals surface area contributed by atoms with Crippen molar-refractivity contribution in [1.29, 1.82) is 0 Å². The summed E-state index contributed by atoms with van der Waals surface area (Å²) in [5, 5.41) is 14.9. The van der Waals surface area contributed by atoms with Gasteiger partial charge in [0.25, 0.3) is 0 Å². The van der Waals surface area contributed by atoms with E-state index in [-0.39, 0.29) is 29.4 Å². The van der Waals surface area contributed by atoms with Crippen LogP contribution < -0.4 is 10.6 Å². The minimum absolute atomic E-state index is 0. The van der Waals surface area contributed by atoms with Crippen LogP contribution in [0.1, 0.15) is 31.2 Å². The average Bonchev–Trinajstić information content (AvgIpc) is 3.28. The number of hydrogen-bond donors (Lipinski definition) is 2.